The number of carbonyl (C=O) groups is 2. The molecule has 1 fully saturated rings. The quantitative estimate of drug-likeness (QED) is 0.802. The average molecular weight is 396 g/mol. The van der Waals surface area contributed by atoms with Crippen molar-refractivity contribution in [2.45, 2.75) is 33.2 Å². The molecule has 0 atom stereocenters. The van der Waals surface area contributed by atoms with Crippen LogP contribution in [0.3, 0.4) is 0 Å². The number of hydrogen-bond acceptors (Lipinski definition) is 4. The van der Waals surface area contributed by atoms with Gasteiger partial charge in [-0.25, -0.2) is 4.79 Å². The Morgan fingerprint density at radius 2 is 1.76 bits per heavy atom. The number of carbonyl (C=O) groups excluding carboxylic acids is 1. The van der Waals surface area contributed by atoms with Gasteiger partial charge in [0.15, 0.2) is 0 Å². The SMILES string of the molecule is CC(=O)N(Cc1ccc(C(C)C)cc1)c1ccc(N2CCOCC2)c(C(=O)O)c1. The second kappa shape index (κ2) is 9.09. The standard InChI is InChI=1S/C23H28N2O4/c1-16(2)19-6-4-18(5-7-19)15-25(17(3)26)20-8-9-22(21(14-20)23(27)28)24-10-12-29-13-11-24/h4-9,14,16H,10-13,15H2,1-3H3,(H,27,28). The maximum Gasteiger partial charge on any atom is 0.337 e. The number of benzene rings is 2. The molecule has 0 bridgehead atoms. The number of carboxylic acid groups (broad SMARTS) is 1. The van der Waals surface area contributed by atoms with Gasteiger partial charge in [0.2, 0.25) is 5.91 Å². The second-order valence-electron chi connectivity index (χ2n) is 7.61. The van der Waals surface area contributed by atoms with E-state index in [1.165, 1.54) is 12.5 Å². The van der Waals surface area contributed by atoms with Crippen molar-refractivity contribution in [2.24, 2.45) is 0 Å². The van der Waals surface area contributed by atoms with Crippen LogP contribution in [0.4, 0.5) is 11.4 Å². The molecule has 1 heterocycles. The van der Waals surface area contributed by atoms with E-state index in [1.54, 1.807) is 17.0 Å². The van der Waals surface area contributed by atoms with Crippen LogP contribution in [0.2, 0.25) is 0 Å². The molecule has 1 amide bonds. The van der Waals surface area contributed by atoms with Crippen molar-refractivity contribution in [3.63, 3.8) is 0 Å². The molecular formula is C23H28N2O4. The first-order chi connectivity index (χ1) is 13.9. The van der Waals surface area contributed by atoms with E-state index in [2.05, 4.69) is 26.0 Å². The van der Waals surface area contributed by atoms with Crippen molar-refractivity contribution in [2.75, 3.05) is 36.1 Å². The molecule has 6 nitrogen and oxygen atoms in total. The molecule has 2 aromatic carbocycles. The van der Waals surface area contributed by atoms with Crippen molar-refractivity contribution in [3.05, 3.63) is 59.2 Å². The number of hydrogen-bond donors (Lipinski definition) is 1. The van der Waals surface area contributed by atoms with Crippen LogP contribution in [-0.4, -0.2) is 43.3 Å². The fourth-order valence-electron chi connectivity index (χ4n) is 3.52. The molecule has 1 aliphatic heterocycles. The van der Waals surface area contributed by atoms with Crippen LogP contribution >= 0.6 is 0 Å². The number of amides is 1. The normalized spacial score (nSPS) is 14.1. The molecule has 3 rings (SSSR count). The zero-order valence-corrected chi connectivity index (χ0v) is 17.2. The van der Waals surface area contributed by atoms with Gasteiger partial charge in [-0.15, -0.1) is 0 Å². The fourth-order valence-corrected chi connectivity index (χ4v) is 3.52. The molecule has 0 aliphatic carbocycles. The summed E-state index contributed by atoms with van der Waals surface area (Å²) in [5, 5.41) is 9.75. The fraction of sp³-hybridized carbons (Fsp3) is 0.391. The zero-order valence-electron chi connectivity index (χ0n) is 17.2. The Bertz CT molecular complexity index is 871. The number of carboxylic acids is 1. The molecule has 0 saturated carbocycles. The third-order valence-electron chi connectivity index (χ3n) is 5.24. The molecular weight excluding hydrogens is 368 g/mol. The predicted molar refractivity (Wildman–Crippen MR) is 114 cm³/mol. The summed E-state index contributed by atoms with van der Waals surface area (Å²) in [5.74, 6) is -0.689. The molecule has 0 aromatic heterocycles. The van der Waals surface area contributed by atoms with Crippen LogP contribution in [0.25, 0.3) is 0 Å². The van der Waals surface area contributed by atoms with E-state index in [9.17, 15) is 14.7 Å². The summed E-state index contributed by atoms with van der Waals surface area (Å²) < 4.78 is 5.36. The van der Waals surface area contributed by atoms with Gasteiger partial charge in [-0.05, 0) is 35.2 Å². The third-order valence-corrected chi connectivity index (χ3v) is 5.24. The van der Waals surface area contributed by atoms with Crippen LogP contribution in [0.1, 0.15) is 48.2 Å². The van der Waals surface area contributed by atoms with Crippen molar-refractivity contribution in [1.82, 2.24) is 0 Å². The Kier molecular flexibility index (Phi) is 6.54. The Labute approximate surface area is 171 Å². The molecule has 154 valence electrons. The Morgan fingerprint density at radius 1 is 1.10 bits per heavy atom. The largest absolute Gasteiger partial charge is 0.478 e. The van der Waals surface area contributed by atoms with E-state index in [-0.39, 0.29) is 11.5 Å². The molecule has 1 saturated heterocycles. The number of nitrogens with zero attached hydrogens (tertiary/aromatic N) is 2. The molecule has 2 aromatic rings. The Morgan fingerprint density at radius 3 is 2.31 bits per heavy atom. The Balaban J connectivity index is 1.89. The van der Waals surface area contributed by atoms with Gasteiger partial charge in [0.1, 0.15) is 0 Å². The van der Waals surface area contributed by atoms with Gasteiger partial charge in [-0.1, -0.05) is 38.1 Å². The van der Waals surface area contributed by atoms with Crippen molar-refractivity contribution >= 4 is 23.3 Å². The summed E-state index contributed by atoms with van der Waals surface area (Å²) >= 11 is 0. The molecule has 29 heavy (non-hydrogen) atoms. The molecule has 0 radical (unpaired) electrons. The van der Waals surface area contributed by atoms with Gasteiger partial charge in [0.25, 0.3) is 0 Å². The molecule has 1 aliphatic rings. The van der Waals surface area contributed by atoms with Crippen LogP contribution in [0.5, 0.6) is 0 Å². The van der Waals surface area contributed by atoms with Crippen LogP contribution in [0, 0.1) is 0 Å². The maximum absolute atomic E-state index is 12.3. The van der Waals surface area contributed by atoms with Gasteiger partial charge in [0.05, 0.1) is 31.0 Å². The monoisotopic (exact) mass is 396 g/mol. The smallest absolute Gasteiger partial charge is 0.337 e. The van der Waals surface area contributed by atoms with Gasteiger partial charge >= 0.3 is 5.97 Å². The average Bonchev–Trinajstić information content (AvgIpc) is 2.72. The summed E-state index contributed by atoms with van der Waals surface area (Å²) in [5.41, 5.74) is 3.69. The molecule has 6 heteroatoms. The number of ether oxygens (including phenoxy) is 1. The highest BCUT2D eigenvalue weighted by Crippen LogP contribution is 2.28. The Hall–Kier alpha value is -2.86. The number of aromatic carboxylic acids is 1. The number of rotatable bonds is 6. The summed E-state index contributed by atoms with van der Waals surface area (Å²) in [6, 6.07) is 13.4. The van der Waals surface area contributed by atoms with Crippen LogP contribution in [0.15, 0.2) is 42.5 Å². The third kappa shape index (κ3) is 4.95. The first-order valence-electron chi connectivity index (χ1n) is 9.94. The summed E-state index contributed by atoms with van der Waals surface area (Å²) in [6.45, 7) is 8.62. The van der Waals surface area contributed by atoms with Crippen molar-refractivity contribution < 1.29 is 19.4 Å². The van der Waals surface area contributed by atoms with Crippen LogP contribution in [-0.2, 0) is 16.1 Å². The van der Waals surface area contributed by atoms with Crippen molar-refractivity contribution in [1.29, 1.82) is 0 Å². The lowest BCUT2D eigenvalue weighted by Gasteiger charge is -2.31. The van der Waals surface area contributed by atoms with E-state index in [0.717, 1.165) is 5.56 Å². The summed E-state index contributed by atoms with van der Waals surface area (Å²) in [7, 11) is 0. The maximum atomic E-state index is 12.3. The topological polar surface area (TPSA) is 70.1 Å². The second-order valence-corrected chi connectivity index (χ2v) is 7.61. The number of morpholine rings is 1. The van der Waals surface area contributed by atoms with E-state index in [0.29, 0.717) is 50.1 Å². The van der Waals surface area contributed by atoms with Gasteiger partial charge < -0.3 is 19.6 Å². The van der Waals surface area contributed by atoms with Gasteiger partial charge in [0, 0.05) is 25.7 Å². The molecule has 1 N–H and O–H groups in total. The van der Waals surface area contributed by atoms with Crippen LogP contribution < -0.4 is 9.80 Å². The van der Waals surface area contributed by atoms with Crippen molar-refractivity contribution in [3.8, 4) is 0 Å². The summed E-state index contributed by atoms with van der Waals surface area (Å²) in [6.07, 6.45) is 0. The highest BCUT2D eigenvalue weighted by Gasteiger charge is 2.21. The zero-order chi connectivity index (χ0) is 21.0. The number of anilines is 2. The highest BCUT2D eigenvalue weighted by atomic mass is 16.5. The van der Waals surface area contributed by atoms with E-state index in [1.807, 2.05) is 23.1 Å². The first-order valence-corrected chi connectivity index (χ1v) is 9.94. The minimum atomic E-state index is -1.00. The summed E-state index contributed by atoms with van der Waals surface area (Å²) in [4.78, 5) is 27.9. The lowest BCUT2D eigenvalue weighted by Crippen LogP contribution is -2.37. The minimum absolute atomic E-state index is 0.131. The van der Waals surface area contributed by atoms with E-state index in [4.69, 9.17) is 4.74 Å². The van der Waals surface area contributed by atoms with E-state index >= 15 is 0 Å². The van der Waals surface area contributed by atoms with Gasteiger partial charge in [-0.2, -0.15) is 0 Å². The molecule has 0 spiro atoms. The molecule has 0 unspecified atom stereocenters. The minimum Gasteiger partial charge on any atom is -0.478 e. The predicted octanol–water partition coefficient (Wildman–Crippen LogP) is 3.90. The lowest BCUT2D eigenvalue weighted by molar-refractivity contribution is -0.116. The first kappa shape index (κ1) is 20.9. The highest BCUT2D eigenvalue weighted by molar-refractivity contribution is 5.98. The van der Waals surface area contributed by atoms with E-state index < -0.39 is 5.97 Å². The lowest BCUT2D eigenvalue weighted by atomic mass is 10.0. The van der Waals surface area contributed by atoms with Gasteiger partial charge in [-0.3, -0.25) is 4.79 Å².